The fourth-order valence-corrected chi connectivity index (χ4v) is 3.26. The molecule has 0 aliphatic carbocycles. The number of benzene rings is 1. The molecule has 0 spiro atoms. The fourth-order valence-electron chi connectivity index (χ4n) is 3.26. The van der Waals surface area contributed by atoms with Crippen LogP contribution in [0.25, 0.3) is 33.9 Å². The van der Waals surface area contributed by atoms with Crippen molar-refractivity contribution in [3.8, 4) is 33.9 Å². The summed E-state index contributed by atoms with van der Waals surface area (Å²) in [5, 5.41) is 0. The van der Waals surface area contributed by atoms with Gasteiger partial charge in [0.05, 0.1) is 22.8 Å². The summed E-state index contributed by atoms with van der Waals surface area (Å²) in [6.07, 6.45) is 3.64. The fraction of sp³-hybridized carbons (Fsp3) is 0.125. The molecule has 3 aromatic heterocycles. The molecule has 4 heteroatoms. The molecule has 28 heavy (non-hydrogen) atoms. The zero-order valence-corrected chi connectivity index (χ0v) is 16.3. The molecule has 0 aliphatic heterocycles. The van der Waals surface area contributed by atoms with Crippen LogP contribution in [-0.2, 0) is 0 Å². The first-order chi connectivity index (χ1) is 13.5. The predicted octanol–water partition coefficient (Wildman–Crippen LogP) is 5.38. The van der Waals surface area contributed by atoms with E-state index in [1.165, 1.54) is 0 Å². The van der Waals surface area contributed by atoms with Gasteiger partial charge in [0.25, 0.3) is 0 Å². The van der Waals surface area contributed by atoms with Gasteiger partial charge in [0.15, 0.2) is 0 Å². The highest BCUT2D eigenvalue weighted by Crippen LogP contribution is 2.30. The molecule has 4 nitrogen and oxygen atoms in total. The van der Waals surface area contributed by atoms with E-state index in [1.807, 2.05) is 42.7 Å². The largest absolute Gasteiger partial charge is 0.399 e. The van der Waals surface area contributed by atoms with Crippen LogP contribution in [-0.4, -0.2) is 15.0 Å². The van der Waals surface area contributed by atoms with Gasteiger partial charge in [-0.05, 0) is 92.1 Å². The topological polar surface area (TPSA) is 64.7 Å². The predicted molar refractivity (Wildman–Crippen MR) is 115 cm³/mol. The summed E-state index contributed by atoms with van der Waals surface area (Å²) in [5.41, 5.74) is 15.8. The Bertz CT molecular complexity index is 1070. The maximum atomic E-state index is 6.21. The smallest absolute Gasteiger partial charge is 0.0896 e. The summed E-state index contributed by atoms with van der Waals surface area (Å²) >= 11 is 0. The molecule has 1 aromatic carbocycles. The van der Waals surface area contributed by atoms with Crippen LogP contribution in [0.5, 0.6) is 0 Å². The molecule has 4 rings (SSSR count). The molecule has 0 atom stereocenters. The first kappa shape index (κ1) is 17.9. The van der Waals surface area contributed by atoms with Crippen molar-refractivity contribution >= 4 is 5.69 Å². The van der Waals surface area contributed by atoms with Gasteiger partial charge < -0.3 is 5.73 Å². The third kappa shape index (κ3) is 3.76. The zero-order valence-electron chi connectivity index (χ0n) is 16.3. The quantitative estimate of drug-likeness (QED) is 0.494. The minimum absolute atomic E-state index is 0.689. The molecular weight excluding hydrogens is 344 g/mol. The summed E-state index contributed by atoms with van der Waals surface area (Å²) in [7, 11) is 0. The Morgan fingerprint density at radius 1 is 0.571 bits per heavy atom. The van der Waals surface area contributed by atoms with E-state index >= 15 is 0 Å². The van der Waals surface area contributed by atoms with Gasteiger partial charge in [0.1, 0.15) is 0 Å². The molecule has 0 amide bonds. The summed E-state index contributed by atoms with van der Waals surface area (Å²) in [4.78, 5) is 13.8. The Kier molecular flexibility index (Phi) is 4.62. The molecule has 0 radical (unpaired) electrons. The van der Waals surface area contributed by atoms with Crippen molar-refractivity contribution in [2.45, 2.75) is 20.8 Å². The molecule has 0 fully saturated rings. The van der Waals surface area contributed by atoms with Gasteiger partial charge in [0, 0.05) is 29.2 Å². The van der Waals surface area contributed by atoms with E-state index in [-0.39, 0.29) is 0 Å². The first-order valence-corrected chi connectivity index (χ1v) is 9.23. The lowest BCUT2D eigenvalue weighted by Crippen LogP contribution is -1.95. The molecule has 0 saturated carbocycles. The Morgan fingerprint density at radius 2 is 1.11 bits per heavy atom. The third-order valence-corrected chi connectivity index (χ3v) is 4.61. The standard InChI is InChI=1S/C24H22N4/c1-15-4-6-26-21(8-15)18-12-19(14-20(25)13-18)22-10-17(3)11-24(28-22)23-9-16(2)5-7-27-23/h4-14H,25H2,1-3H3. The number of nitrogen functional groups attached to an aromatic ring is 1. The number of hydrogen-bond acceptors (Lipinski definition) is 4. The summed E-state index contributed by atoms with van der Waals surface area (Å²) in [6.45, 7) is 6.18. The van der Waals surface area contributed by atoms with Crippen LogP contribution in [0.3, 0.4) is 0 Å². The van der Waals surface area contributed by atoms with Crippen molar-refractivity contribution < 1.29 is 0 Å². The molecule has 4 aromatic rings. The van der Waals surface area contributed by atoms with Gasteiger partial charge in [-0.3, -0.25) is 9.97 Å². The second-order valence-electron chi connectivity index (χ2n) is 7.20. The molecule has 0 unspecified atom stereocenters. The van der Waals surface area contributed by atoms with E-state index in [4.69, 9.17) is 10.7 Å². The van der Waals surface area contributed by atoms with Crippen LogP contribution in [0.1, 0.15) is 16.7 Å². The third-order valence-electron chi connectivity index (χ3n) is 4.61. The van der Waals surface area contributed by atoms with E-state index in [0.29, 0.717) is 5.69 Å². The van der Waals surface area contributed by atoms with E-state index < -0.39 is 0 Å². The van der Waals surface area contributed by atoms with Crippen molar-refractivity contribution in [2.75, 3.05) is 5.73 Å². The lowest BCUT2D eigenvalue weighted by atomic mass is 10.0. The number of hydrogen-bond donors (Lipinski definition) is 1. The zero-order chi connectivity index (χ0) is 19.7. The maximum absolute atomic E-state index is 6.21. The van der Waals surface area contributed by atoms with E-state index in [9.17, 15) is 0 Å². The van der Waals surface area contributed by atoms with Gasteiger partial charge in [0.2, 0.25) is 0 Å². The van der Waals surface area contributed by atoms with Gasteiger partial charge in [-0.25, -0.2) is 4.98 Å². The van der Waals surface area contributed by atoms with Gasteiger partial charge in [-0.1, -0.05) is 0 Å². The van der Waals surface area contributed by atoms with Crippen molar-refractivity contribution in [3.63, 3.8) is 0 Å². The van der Waals surface area contributed by atoms with Gasteiger partial charge in [-0.15, -0.1) is 0 Å². The van der Waals surface area contributed by atoms with Gasteiger partial charge in [-0.2, -0.15) is 0 Å². The minimum Gasteiger partial charge on any atom is -0.399 e. The van der Waals surface area contributed by atoms with E-state index in [2.05, 4.69) is 55.0 Å². The second-order valence-corrected chi connectivity index (χ2v) is 7.20. The normalized spacial score (nSPS) is 10.8. The Hall–Kier alpha value is -3.53. The number of rotatable bonds is 3. The van der Waals surface area contributed by atoms with Crippen LogP contribution in [0.4, 0.5) is 5.69 Å². The monoisotopic (exact) mass is 366 g/mol. The lowest BCUT2D eigenvalue weighted by Gasteiger charge is -2.10. The molecule has 138 valence electrons. The summed E-state index contributed by atoms with van der Waals surface area (Å²) in [6, 6.07) is 18.2. The molecule has 2 N–H and O–H groups in total. The number of nitrogens with zero attached hydrogens (tertiary/aromatic N) is 3. The highest BCUT2D eigenvalue weighted by Gasteiger charge is 2.10. The van der Waals surface area contributed by atoms with Crippen LogP contribution in [0.15, 0.2) is 67.0 Å². The van der Waals surface area contributed by atoms with E-state index in [0.717, 1.165) is 50.6 Å². The summed E-state index contributed by atoms with van der Waals surface area (Å²) in [5.74, 6) is 0. The molecule has 3 heterocycles. The minimum atomic E-state index is 0.689. The van der Waals surface area contributed by atoms with E-state index in [1.54, 1.807) is 0 Å². The van der Waals surface area contributed by atoms with Crippen LogP contribution in [0.2, 0.25) is 0 Å². The van der Waals surface area contributed by atoms with Crippen molar-refractivity contribution in [2.24, 2.45) is 0 Å². The lowest BCUT2D eigenvalue weighted by molar-refractivity contribution is 1.22. The number of aryl methyl sites for hydroxylation is 3. The SMILES string of the molecule is Cc1ccnc(-c2cc(N)cc(-c3cc(C)cc(-c4cc(C)ccn4)n3)c2)c1. The highest BCUT2D eigenvalue weighted by atomic mass is 14.8. The number of aromatic nitrogens is 3. The van der Waals surface area contributed by atoms with Crippen molar-refractivity contribution in [1.29, 1.82) is 0 Å². The summed E-state index contributed by atoms with van der Waals surface area (Å²) < 4.78 is 0. The highest BCUT2D eigenvalue weighted by molar-refractivity contribution is 5.76. The molecular formula is C24H22N4. The number of anilines is 1. The van der Waals surface area contributed by atoms with Crippen LogP contribution >= 0.6 is 0 Å². The maximum Gasteiger partial charge on any atom is 0.0896 e. The first-order valence-electron chi connectivity index (χ1n) is 9.23. The molecule has 0 bridgehead atoms. The average molecular weight is 366 g/mol. The number of pyridine rings is 3. The Morgan fingerprint density at radius 3 is 1.79 bits per heavy atom. The molecule has 0 aliphatic rings. The molecule has 0 saturated heterocycles. The average Bonchev–Trinajstić information content (AvgIpc) is 2.67. The van der Waals surface area contributed by atoms with Crippen LogP contribution in [0, 0.1) is 20.8 Å². The Labute approximate surface area is 165 Å². The van der Waals surface area contributed by atoms with Crippen molar-refractivity contribution in [1.82, 2.24) is 15.0 Å². The second kappa shape index (κ2) is 7.24. The van der Waals surface area contributed by atoms with Crippen molar-refractivity contribution in [3.05, 3.63) is 83.7 Å². The van der Waals surface area contributed by atoms with Crippen LogP contribution < -0.4 is 5.73 Å². The number of nitrogens with two attached hydrogens (primary N) is 1. The Balaban J connectivity index is 1.83. The van der Waals surface area contributed by atoms with Gasteiger partial charge >= 0.3 is 0 Å².